The van der Waals surface area contributed by atoms with E-state index in [9.17, 15) is 9.90 Å². The van der Waals surface area contributed by atoms with Gasteiger partial charge in [0.2, 0.25) is 0 Å². The van der Waals surface area contributed by atoms with Crippen LogP contribution in [0.2, 0.25) is 0 Å². The van der Waals surface area contributed by atoms with E-state index in [2.05, 4.69) is 0 Å². The fraction of sp³-hybridized carbons (Fsp3) is 0.562. The molecule has 2 rings (SSSR count). The fourth-order valence-corrected chi connectivity index (χ4v) is 2.89. The average molecular weight is 277 g/mol. The van der Waals surface area contributed by atoms with Crippen molar-refractivity contribution in [1.82, 2.24) is 0 Å². The van der Waals surface area contributed by atoms with Crippen molar-refractivity contribution < 1.29 is 15.0 Å². The van der Waals surface area contributed by atoms with Gasteiger partial charge in [-0.05, 0) is 49.4 Å². The Bertz CT molecular complexity index is 481. The van der Waals surface area contributed by atoms with Gasteiger partial charge < -0.3 is 15.1 Å². The molecule has 0 spiro atoms. The highest BCUT2D eigenvalue weighted by atomic mass is 16.4. The number of phenolic OH excluding ortho intramolecular Hbond substituents is 1. The maximum Gasteiger partial charge on any atom is 0.326 e. The summed E-state index contributed by atoms with van der Waals surface area (Å²) >= 11 is 0. The highest BCUT2D eigenvalue weighted by Gasteiger charge is 2.22. The maximum atomic E-state index is 11.1. The third-order valence-electron chi connectivity index (χ3n) is 4.40. The van der Waals surface area contributed by atoms with Crippen molar-refractivity contribution in [1.29, 1.82) is 0 Å². The van der Waals surface area contributed by atoms with Gasteiger partial charge in [-0.15, -0.1) is 0 Å². The van der Waals surface area contributed by atoms with Gasteiger partial charge in [-0.3, -0.25) is 0 Å². The lowest BCUT2D eigenvalue weighted by molar-refractivity contribution is -0.138. The Hall–Kier alpha value is -1.71. The van der Waals surface area contributed by atoms with Gasteiger partial charge in [-0.25, -0.2) is 4.79 Å². The van der Waals surface area contributed by atoms with Gasteiger partial charge in [-0.2, -0.15) is 0 Å². The van der Waals surface area contributed by atoms with Crippen LogP contribution in [0, 0.1) is 0 Å². The minimum Gasteiger partial charge on any atom is -0.508 e. The summed E-state index contributed by atoms with van der Waals surface area (Å²) in [7, 11) is 1.77. The summed E-state index contributed by atoms with van der Waals surface area (Å²) in [6.45, 7) is 1.66. The molecule has 1 fully saturated rings. The predicted octanol–water partition coefficient (Wildman–Crippen LogP) is 3.35. The normalized spacial score (nSPS) is 17.7. The SMILES string of the molecule is C[C@@H](C(=O)O)N(C)c1ccc(O)c(C2CCCCC2)c1. The second-order valence-corrected chi connectivity index (χ2v) is 5.70. The first kappa shape index (κ1) is 14.7. The van der Waals surface area contributed by atoms with E-state index in [1.165, 1.54) is 19.3 Å². The van der Waals surface area contributed by atoms with Crippen molar-refractivity contribution >= 4 is 11.7 Å². The zero-order valence-electron chi connectivity index (χ0n) is 12.2. The van der Waals surface area contributed by atoms with Crippen molar-refractivity contribution in [3.63, 3.8) is 0 Å². The standard InChI is InChI=1S/C16H23NO3/c1-11(16(19)20)17(2)13-8-9-15(18)14(10-13)12-6-4-3-5-7-12/h8-12,18H,3-7H2,1-2H3,(H,19,20)/t11-/m0/s1. The van der Waals surface area contributed by atoms with Crippen LogP contribution in [-0.2, 0) is 4.79 Å². The van der Waals surface area contributed by atoms with E-state index in [0.717, 1.165) is 24.1 Å². The summed E-state index contributed by atoms with van der Waals surface area (Å²) in [4.78, 5) is 12.8. The molecule has 110 valence electrons. The average Bonchev–Trinajstić information content (AvgIpc) is 2.47. The molecular formula is C16H23NO3. The number of nitrogens with zero attached hydrogens (tertiary/aromatic N) is 1. The molecule has 4 nitrogen and oxygen atoms in total. The molecule has 1 saturated carbocycles. The minimum atomic E-state index is -0.847. The molecule has 4 heteroatoms. The van der Waals surface area contributed by atoms with Gasteiger partial charge in [0.05, 0.1) is 0 Å². The number of aromatic hydroxyl groups is 1. The van der Waals surface area contributed by atoms with Crippen LogP contribution in [0.15, 0.2) is 18.2 Å². The van der Waals surface area contributed by atoms with E-state index < -0.39 is 12.0 Å². The number of carboxylic acids is 1. The van der Waals surface area contributed by atoms with Crippen LogP contribution in [-0.4, -0.2) is 29.3 Å². The molecule has 1 aliphatic carbocycles. The number of likely N-dealkylation sites (N-methyl/N-ethyl adjacent to an activating group) is 1. The van der Waals surface area contributed by atoms with Crippen LogP contribution in [0.1, 0.15) is 50.5 Å². The van der Waals surface area contributed by atoms with E-state index in [1.807, 2.05) is 6.07 Å². The Kier molecular flexibility index (Phi) is 4.53. The smallest absolute Gasteiger partial charge is 0.326 e. The summed E-state index contributed by atoms with van der Waals surface area (Å²) in [5.74, 6) is -0.117. The predicted molar refractivity (Wildman–Crippen MR) is 79.4 cm³/mol. The Morgan fingerprint density at radius 2 is 1.95 bits per heavy atom. The fourth-order valence-electron chi connectivity index (χ4n) is 2.89. The van der Waals surface area contributed by atoms with E-state index in [0.29, 0.717) is 11.7 Å². The van der Waals surface area contributed by atoms with Crippen molar-refractivity contribution in [2.75, 3.05) is 11.9 Å². The molecule has 20 heavy (non-hydrogen) atoms. The van der Waals surface area contributed by atoms with Crippen molar-refractivity contribution in [3.05, 3.63) is 23.8 Å². The maximum absolute atomic E-state index is 11.1. The van der Waals surface area contributed by atoms with Crippen molar-refractivity contribution in [2.24, 2.45) is 0 Å². The monoisotopic (exact) mass is 277 g/mol. The summed E-state index contributed by atoms with van der Waals surface area (Å²) in [6.07, 6.45) is 5.89. The first-order chi connectivity index (χ1) is 9.50. The zero-order chi connectivity index (χ0) is 14.7. The molecule has 0 unspecified atom stereocenters. The molecular weight excluding hydrogens is 254 g/mol. The number of carboxylic acid groups (broad SMARTS) is 1. The van der Waals surface area contributed by atoms with E-state index in [4.69, 9.17) is 5.11 Å². The van der Waals surface area contributed by atoms with Crippen LogP contribution in [0.3, 0.4) is 0 Å². The third-order valence-corrected chi connectivity index (χ3v) is 4.40. The lowest BCUT2D eigenvalue weighted by atomic mass is 9.83. The van der Waals surface area contributed by atoms with Crippen LogP contribution < -0.4 is 4.90 Å². The first-order valence-corrected chi connectivity index (χ1v) is 7.29. The topological polar surface area (TPSA) is 60.8 Å². The first-order valence-electron chi connectivity index (χ1n) is 7.29. The number of rotatable bonds is 4. The Labute approximate surface area is 120 Å². The summed E-state index contributed by atoms with van der Waals surface area (Å²) in [6, 6.07) is 4.83. The molecule has 2 N–H and O–H groups in total. The lowest BCUT2D eigenvalue weighted by Gasteiger charge is -2.27. The highest BCUT2D eigenvalue weighted by molar-refractivity contribution is 5.77. The number of aliphatic carboxylic acids is 1. The van der Waals surface area contributed by atoms with Gasteiger partial charge in [0.1, 0.15) is 11.8 Å². The zero-order valence-corrected chi connectivity index (χ0v) is 12.2. The molecule has 1 atom stereocenters. The minimum absolute atomic E-state index is 0.331. The summed E-state index contributed by atoms with van der Waals surface area (Å²) < 4.78 is 0. The Morgan fingerprint density at radius 1 is 1.30 bits per heavy atom. The molecule has 0 amide bonds. The van der Waals surface area contributed by atoms with Gasteiger partial charge in [0, 0.05) is 12.7 Å². The number of phenols is 1. The van der Waals surface area contributed by atoms with Gasteiger partial charge in [-0.1, -0.05) is 19.3 Å². The van der Waals surface area contributed by atoms with Crippen LogP contribution in [0.4, 0.5) is 5.69 Å². The van der Waals surface area contributed by atoms with E-state index in [1.54, 1.807) is 31.0 Å². The van der Waals surface area contributed by atoms with E-state index in [-0.39, 0.29) is 0 Å². The highest BCUT2D eigenvalue weighted by Crippen LogP contribution is 2.38. The molecule has 0 bridgehead atoms. The molecule has 1 aromatic carbocycles. The number of benzene rings is 1. The second kappa shape index (κ2) is 6.16. The largest absolute Gasteiger partial charge is 0.508 e. The molecule has 0 aliphatic heterocycles. The molecule has 1 aromatic rings. The number of hydrogen-bond acceptors (Lipinski definition) is 3. The Morgan fingerprint density at radius 3 is 2.55 bits per heavy atom. The summed E-state index contributed by atoms with van der Waals surface area (Å²) in [5.41, 5.74) is 1.81. The number of anilines is 1. The van der Waals surface area contributed by atoms with Crippen LogP contribution in [0.5, 0.6) is 5.75 Å². The van der Waals surface area contributed by atoms with Gasteiger partial charge >= 0.3 is 5.97 Å². The number of hydrogen-bond donors (Lipinski definition) is 2. The van der Waals surface area contributed by atoms with Crippen LogP contribution >= 0.6 is 0 Å². The second-order valence-electron chi connectivity index (χ2n) is 5.70. The quantitative estimate of drug-likeness (QED) is 0.886. The van der Waals surface area contributed by atoms with Crippen molar-refractivity contribution in [2.45, 2.75) is 51.0 Å². The lowest BCUT2D eigenvalue weighted by Crippen LogP contribution is -2.35. The summed E-state index contributed by atoms with van der Waals surface area (Å²) in [5, 5.41) is 19.2. The van der Waals surface area contributed by atoms with Gasteiger partial charge in [0.25, 0.3) is 0 Å². The molecule has 0 radical (unpaired) electrons. The molecule has 1 aliphatic rings. The molecule has 0 aromatic heterocycles. The molecule has 0 saturated heterocycles. The Balaban J connectivity index is 2.25. The van der Waals surface area contributed by atoms with E-state index >= 15 is 0 Å². The van der Waals surface area contributed by atoms with Gasteiger partial charge in [0.15, 0.2) is 0 Å². The van der Waals surface area contributed by atoms with Crippen LogP contribution in [0.25, 0.3) is 0 Å². The third kappa shape index (κ3) is 3.06. The molecule has 0 heterocycles. The van der Waals surface area contributed by atoms with Crippen molar-refractivity contribution in [3.8, 4) is 5.75 Å². The number of carbonyl (C=O) groups is 1.